The van der Waals surface area contributed by atoms with Gasteiger partial charge in [0.25, 0.3) is 5.91 Å². The van der Waals surface area contributed by atoms with Crippen molar-refractivity contribution < 1.29 is 9.00 Å². The molecule has 1 atom stereocenters. The highest BCUT2D eigenvalue weighted by Crippen LogP contribution is 2.15. The first-order valence-electron chi connectivity index (χ1n) is 5.34. The Bertz CT molecular complexity index is 414. The van der Waals surface area contributed by atoms with Crippen LogP contribution in [0.3, 0.4) is 0 Å². The Morgan fingerprint density at radius 1 is 1.41 bits per heavy atom. The highest BCUT2D eigenvalue weighted by molar-refractivity contribution is 9.10. The molecule has 1 N–H and O–H groups in total. The third kappa shape index (κ3) is 5.46. The summed E-state index contributed by atoms with van der Waals surface area (Å²) in [6.07, 6.45) is 2.40. The highest BCUT2D eigenvalue weighted by atomic mass is 79.9. The van der Waals surface area contributed by atoms with Crippen molar-refractivity contribution in [2.45, 2.75) is 13.3 Å². The molecule has 17 heavy (non-hydrogen) atoms. The van der Waals surface area contributed by atoms with E-state index in [0.717, 1.165) is 16.5 Å². The number of hydrogen-bond donors (Lipinski definition) is 1. The predicted molar refractivity (Wildman–Crippen MR) is 74.8 cm³/mol. The van der Waals surface area contributed by atoms with Crippen molar-refractivity contribution in [3.05, 3.63) is 33.8 Å². The van der Waals surface area contributed by atoms with Crippen LogP contribution in [0.1, 0.15) is 22.3 Å². The van der Waals surface area contributed by atoms with Crippen LogP contribution in [-0.2, 0) is 10.8 Å². The molecule has 0 aromatic heterocycles. The Hall–Kier alpha value is -0.680. The Morgan fingerprint density at radius 3 is 2.71 bits per heavy atom. The first-order valence-corrected chi connectivity index (χ1v) is 7.86. The fraction of sp³-hybridized carbons (Fsp3) is 0.417. The van der Waals surface area contributed by atoms with Crippen molar-refractivity contribution in [1.29, 1.82) is 0 Å². The molecule has 0 unspecified atom stereocenters. The number of carbonyl (C=O) groups excluding carboxylic acids is 1. The maximum atomic E-state index is 11.8. The van der Waals surface area contributed by atoms with Gasteiger partial charge in [0.05, 0.1) is 0 Å². The molecule has 5 heteroatoms. The van der Waals surface area contributed by atoms with Crippen molar-refractivity contribution in [3.8, 4) is 0 Å². The number of carbonyl (C=O) groups is 1. The van der Waals surface area contributed by atoms with Gasteiger partial charge in [0.2, 0.25) is 0 Å². The van der Waals surface area contributed by atoms with Crippen molar-refractivity contribution in [2.24, 2.45) is 0 Å². The van der Waals surface area contributed by atoms with Gasteiger partial charge in [-0.2, -0.15) is 0 Å². The lowest BCUT2D eigenvalue weighted by Crippen LogP contribution is -2.25. The molecule has 1 amide bonds. The zero-order valence-corrected chi connectivity index (χ0v) is 12.4. The minimum Gasteiger partial charge on any atom is -0.352 e. The van der Waals surface area contributed by atoms with Gasteiger partial charge in [0.1, 0.15) is 0 Å². The van der Waals surface area contributed by atoms with Gasteiger partial charge in [-0.05, 0) is 37.1 Å². The molecule has 0 aliphatic carbocycles. The van der Waals surface area contributed by atoms with E-state index in [1.807, 2.05) is 19.1 Å². The number of hydrogen-bond acceptors (Lipinski definition) is 2. The Labute approximate surface area is 113 Å². The normalized spacial score (nSPS) is 12.2. The standard InChI is InChI=1S/C12H16BrNO2S/c1-9-6-10(8-11(13)7-9)12(15)14-4-3-5-17(2)16/h6-8H,3-5H2,1-2H3,(H,14,15)/t17-/m0/s1. The molecule has 0 aliphatic heterocycles. The third-order valence-corrected chi connectivity index (χ3v) is 3.52. The molecule has 94 valence electrons. The van der Waals surface area contributed by atoms with E-state index in [1.165, 1.54) is 0 Å². The summed E-state index contributed by atoms with van der Waals surface area (Å²) in [6.45, 7) is 2.51. The minimum absolute atomic E-state index is 0.0868. The Kier molecular flexibility index (Phi) is 5.85. The van der Waals surface area contributed by atoms with Gasteiger partial charge < -0.3 is 5.32 Å². The van der Waals surface area contributed by atoms with E-state index in [9.17, 15) is 9.00 Å². The van der Waals surface area contributed by atoms with Gasteiger partial charge in [-0.15, -0.1) is 0 Å². The molecule has 0 spiro atoms. The summed E-state index contributed by atoms with van der Waals surface area (Å²) in [5.74, 6) is 0.536. The van der Waals surface area contributed by atoms with Crippen LogP contribution in [0.2, 0.25) is 0 Å². The Balaban J connectivity index is 2.49. The smallest absolute Gasteiger partial charge is 0.251 e. The molecule has 0 saturated carbocycles. The van der Waals surface area contributed by atoms with Crippen LogP contribution in [0, 0.1) is 6.92 Å². The average Bonchev–Trinajstić information content (AvgIpc) is 2.22. The van der Waals surface area contributed by atoms with Gasteiger partial charge in [0.15, 0.2) is 0 Å². The van der Waals surface area contributed by atoms with E-state index in [-0.39, 0.29) is 5.91 Å². The van der Waals surface area contributed by atoms with Gasteiger partial charge in [-0.1, -0.05) is 15.9 Å². The summed E-state index contributed by atoms with van der Waals surface area (Å²) in [7, 11) is -0.791. The maximum Gasteiger partial charge on any atom is 0.251 e. The average molecular weight is 318 g/mol. The number of amides is 1. The lowest BCUT2D eigenvalue weighted by Gasteiger charge is -2.06. The summed E-state index contributed by atoms with van der Waals surface area (Å²) in [6, 6.07) is 5.59. The van der Waals surface area contributed by atoms with Gasteiger partial charge in [-0.25, -0.2) is 0 Å². The van der Waals surface area contributed by atoms with E-state index in [4.69, 9.17) is 0 Å². The quantitative estimate of drug-likeness (QED) is 0.847. The highest BCUT2D eigenvalue weighted by Gasteiger charge is 2.06. The van der Waals surface area contributed by atoms with E-state index in [2.05, 4.69) is 21.2 Å². The van der Waals surface area contributed by atoms with E-state index >= 15 is 0 Å². The van der Waals surface area contributed by atoms with Crippen molar-refractivity contribution in [3.63, 3.8) is 0 Å². The maximum absolute atomic E-state index is 11.8. The van der Waals surface area contributed by atoms with Gasteiger partial charge >= 0.3 is 0 Å². The molecule has 0 radical (unpaired) electrons. The predicted octanol–water partition coefficient (Wildman–Crippen LogP) is 2.26. The first-order chi connectivity index (χ1) is 7.99. The second kappa shape index (κ2) is 6.91. The van der Waals surface area contributed by atoms with Crippen LogP contribution < -0.4 is 5.32 Å². The largest absolute Gasteiger partial charge is 0.352 e. The van der Waals surface area contributed by atoms with Crippen LogP contribution in [0.15, 0.2) is 22.7 Å². The van der Waals surface area contributed by atoms with Gasteiger partial charge in [0, 0.05) is 39.4 Å². The monoisotopic (exact) mass is 317 g/mol. The zero-order chi connectivity index (χ0) is 12.8. The van der Waals surface area contributed by atoms with E-state index in [0.29, 0.717) is 17.9 Å². The fourth-order valence-electron chi connectivity index (χ4n) is 1.45. The van der Waals surface area contributed by atoms with Crippen molar-refractivity contribution in [1.82, 2.24) is 5.32 Å². The number of halogens is 1. The molecule has 3 nitrogen and oxygen atoms in total. The molecular formula is C12H16BrNO2S. The van der Waals surface area contributed by atoms with E-state index < -0.39 is 10.8 Å². The second-order valence-corrected chi connectivity index (χ2v) is 6.37. The SMILES string of the molecule is Cc1cc(Br)cc(C(=O)NCCC[S@](C)=O)c1. The lowest BCUT2D eigenvalue weighted by molar-refractivity contribution is 0.0953. The summed E-state index contributed by atoms with van der Waals surface area (Å²) >= 11 is 3.36. The van der Waals surface area contributed by atoms with Crippen LogP contribution in [-0.4, -0.2) is 28.7 Å². The van der Waals surface area contributed by atoms with Crippen LogP contribution in [0.25, 0.3) is 0 Å². The van der Waals surface area contributed by atoms with Crippen LogP contribution in [0.4, 0.5) is 0 Å². The van der Waals surface area contributed by atoms with Crippen LogP contribution in [0.5, 0.6) is 0 Å². The van der Waals surface area contributed by atoms with Crippen molar-refractivity contribution in [2.75, 3.05) is 18.6 Å². The lowest BCUT2D eigenvalue weighted by atomic mass is 10.1. The summed E-state index contributed by atoms with van der Waals surface area (Å²) < 4.78 is 11.7. The summed E-state index contributed by atoms with van der Waals surface area (Å²) in [5, 5.41) is 2.81. The molecule has 1 rings (SSSR count). The summed E-state index contributed by atoms with van der Waals surface area (Å²) in [4.78, 5) is 11.8. The zero-order valence-electron chi connectivity index (χ0n) is 9.96. The molecular weight excluding hydrogens is 302 g/mol. The molecule has 0 bridgehead atoms. The number of aryl methyl sites for hydroxylation is 1. The van der Waals surface area contributed by atoms with Crippen molar-refractivity contribution >= 4 is 32.6 Å². The Morgan fingerprint density at radius 2 is 2.12 bits per heavy atom. The van der Waals surface area contributed by atoms with Gasteiger partial charge in [-0.3, -0.25) is 9.00 Å². The van der Waals surface area contributed by atoms with E-state index in [1.54, 1.807) is 12.3 Å². The molecule has 1 aromatic carbocycles. The minimum atomic E-state index is -0.791. The topological polar surface area (TPSA) is 46.2 Å². The molecule has 0 heterocycles. The first kappa shape index (κ1) is 14.4. The fourth-order valence-corrected chi connectivity index (χ4v) is 2.61. The number of nitrogens with one attached hydrogen (secondary N) is 1. The molecule has 0 fully saturated rings. The number of benzene rings is 1. The van der Waals surface area contributed by atoms with Crippen LogP contribution >= 0.6 is 15.9 Å². The number of rotatable bonds is 5. The summed E-state index contributed by atoms with van der Waals surface area (Å²) in [5.41, 5.74) is 1.69. The molecule has 0 saturated heterocycles. The molecule has 1 aromatic rings. The second-order valence-electron chi connectivity index (χ2n) is 3.90. The third-order valence-electron chi connectivity index (χ3n) is 2.20. The molecule has 0 aliphatic rings.